The molecule has 1 aromatic heterocycles. The van der Waals surface area contributed by atoms with E-state index in [0.29, 0.717) is 6.04 Å². The van der Waals surface area contributed by atoms with Crippen molar-refractivity contribution >= 4 is 27.3 Å². The molecule has 0 radical (unpaired) electrons. The Morgan fingerprint density at radius 1 is 1.29 bits per heavy atom. The third kappa shape index (κ3) is 3.66. The average Bonchev–Trinajstić information content (AvgIpc) is 2.77. The maximum absolute atomic E-state index is 3.60. The maximum atomic E-state index is 3.60. The number of rotatable bonds is 5. The summed E-state index contributed by atoms with van der Waals surface area (Å²) in [5.41, 5.74) is 2.71. The molecule has 0 aliphatic rings. The zero-order valence-electron chi connectivity index (χ0n) is 9.82. The van der Waals surface area contributed by atoms with E-state index in [1.807, 2.05) is 0 Å². The zero-order chi connectivity index (χ0) is 12.1. The van der Waals surface area contributed by atoms with Crippen LogP contribution in [0, 0.1) is 0 Å². The largest absolute Gasteiger partial charge is 0.306 e. The van der Waals surface area contributed by atoms with Gasteiger partial charge in [0, 0.05) is 12.6 Å². The Labute approximate surface area is 115 Å². The van der Waals surface area contributed by atoms with Crippen LogP contribution in [0.15, 0.2) is 45.6 Å². The molecule has 0 aliphatic carbocycles. The topological polar surface area (TPSA) is 12.0 Å². The monoisotopic (exact) mass is 309 g/mol. The van der Waals surface area contributed by atoms with E-state index >= 15 is 0 Å². The van der Waals surface area contributed by atoms with Crippen molar-refractivity contribution in [3.8, 4) is 0 Å². The van der Waals surface area contributed by atoms with E-state index < -0.39 is 0 Å². The van der Waals surface area contributed by atoms with E-state index in [2.05, 4.69) is 69.9 Å². The van der Waals surface area contributed by atoms with Crippen molar-refractivity contribution in [2.24, 2.45) is 0 Å². The van der Waals surface area contributed by atoms with Crippen LogP contribution in [-0.4, -0.2) is 0 Å². The molecule has 17 heavy (non-hydrogen) atoms. The number of hydrogen-bond donors (Lipinski definition) is 1. The lowest BCUT2D eigenvalue weighted by Gasteiger charge is -2.16. The van der Waals surface area contributed by atoms with Crippen LogP contribution in [0.3, 0.4) is 0 Å². The first-order valence-electron chi connectivity index (χ1n) is 5.81. The van der Waals surface area contributed by atoms with E-state index in [-0.39, 0.29) is 0 Å². The molecule has 1 N–H and O–H groups in total. The van der Waals surface area contributed by atoms with E-state index in [4.69, 9.17) is 0 Å². The van der Waals surface area contributed by atoms with Gasteiger partial charge < -0.3 is 5.32 Å². The third-order valence-corrected chi connectivity index (χ3v) is 4.34. The van der Waals surface area contributed by atoms with E-state index in [0.717, 1.165) is 13.0 Å². The normalized spacial score (nSPS) is 12.6. The zero-order valence-corrected chi connectivity index (χ0v) is 12.2. The lowest BCUT2D eigenvalue weighted by Crippen LogP contribution is -2.19. The smallest absolute Gasteiger partial charge is 0.0701 e. The van der Waals surface area contributed by atoms with E-state index in [1.54, 1.807) is 11.3 Å². The molecule has 0 spiro atoms. The SMILES string of the molecule is CCC(NCc1csc(Br)c1)c1ccccc1. The molecule has 1 nitrogen and oxygen atoms in total. The Hall–Kier alpha value is -0.640. The molecule has 3 heteroatoms. The molecular weight excluding hydrogens is 294 g/mol. The van der Waals surface area contributed by atoms with E-state index in [9.17, 15) is 0 Å². The van der Waals surface area contributed by atoms with Crippen LogP contribution < -0.4 is 5.32 Å². The molecule has 0 fully saturated rings. The molecule has 1 atom stereocenters. The fraction of sp³-hybridized carbons (Fsp3) is 0.286. The first-order chi connectivity index (χ1) is 8.29. The Kier molecular flexibility index (Phi) is 4.77. The highest BCUT2D eigenvalue weighted by atomic mass is 79.9. The van der Waals surface area contributed by atoms with Gasteiger partial charge >= 0.3 is 0 Å². The molecule has 0 bridgehead atoms. The summed E-state index contributed by atoms with van der Waals surface area (Å²) >= 11 is 5.23. The lowest BCUT2D eigenvalue weighted by atomic mass is 10.0. The van der Waals surface area contributed by atoms with Crippen LogP contribution in [0.1, 0.15) is 30.5 Å². The molecule has 1 unspecified atom stereocenters. The molecule has 90 valence electrons. The van der Waals surface area contributed by atoms with Crippen molar-refractivity contribution in [2.45, 2.75) is 25.9 Å². The first kappa shape index (κ1) is 12.8. The molecule has 0 saturated heterocycles. The number of thiophene rings is 1. The van der Waals surface area contributed by atoms with Gasteiger partial charge in [-0.05, 0) is 44.9 Å². The Balaban J connectivity index is 1.97. The van der Waals surface area contributed by atoms with Crippen molar-refractivity contribution in [1.29, 1.82) is 0 Å². The molecular formula is C14H16BrNS. The molecule has 0 amide bonds. The summed E-state index contributed by atoms with van der Waals surface area (Å²) in [5, 5.41) is 5.79. The van der Waals surface area contributed by atoms with Crippen molar-refractivity contribution in [3.63, 3.8) is 0 Å². The van der Waals surface area contributed by atoms with Crippen molar-refractivity contribution in [2.75, 3.05) is 0 Å². The van der Waals surface area contributed by atoms with Gasteiger partial charge in [0.25, 0.3) is 0 Å². The fourth-order valence-electron chi connectivity index (χ4n) is 1.86. The standard InChI is InChI=1S/C14H16BrNS/c1-2-13(12-6-4-3-5-7-12)16-9-11-8-14(15)17-10-11/h3-8,10,13,16H,2,9H2,1H3. The van der Waals surface area contributed by atoms with Crippen LogP contribution in [0.4, 0.5) is 0 Å². The summed E-state index contributed by atoms with van der Waals surface area (Å²) in [6.07, 6.45) is 1.11. The second-order valence-corrected chi connectivity index (χ2v) is 6.30. The average molecular weight is 310 g/mol. The molecule has 1 aromatic carbocycles. The van der Waals surface area contributed by atoms with Gasteiger partial charge in [-0.15, -0.1) is 11.3 Å². The predicted molar refractivity (Wildman–Crippen MR) is 78.3 cm³/mol. The van der Waals surface area contributed by atoms with Gasteiger partial charge in [0.15, 0.2) is 0 Å². The minimum absolute atomic E-state index is 0.440. The van der Waals surface area contributed by atoms with Crippen LogP contribution >= 0.6 is 27.3 Å². The maximum Gasteiger partial charge on any atom is 0.0701 e. The number of benzene rings is 1. The quantitative estimate of drug-likeness (QED) is 0.840. The second kappa shape index (κ2) is 6.34. The highest BCUT2D eigenvalue weighted by Gasteiger charge is 2.08. The minimum Gasteiger partial charge on any atom is -0.306 e. The highest BCUT2D eigenvalue weighted by Crippen LogP contribution is 2.22. The fourth-order valence-corrected chi connectivity index (χ4v) is 3.07. The molecule has 2 rings (SSSR count). The molecule has 0 saturated carbocycles. The number of hydrogen-bond acceptors (Lipinski definition) is 2. The van der Waals surface area contributed by atoms with Crippen molar-refractivity contribution in [1.82, 2.24) is 5.32 Å². The predicted octanol–water partition coefficient (Wildman–Crippen LogP) is 4.75. The van der Waals surface area contributed by atoms with Gasteiger partial charge in [-0.3, -0.25) is 0 Å². The van der Waals surface area contributed by atoms with Gasteiger partial charge in [-0.1, -0.05) is 37.3 Å². The summed E-state index contributed by atoms with van der Waals surface area (Å²) < 4.78 is 1.20. The molecule has 0 aliphatic heterocycles. The summed E-state index contributed by atoms with van der Waals surface area (Å²) in [6.45, 7) is 3.14. The number of nitrogens with one attached hydrogen (secondary N) is 1. The van der Waals surface area contributed by atoms with Crippen LogP contribution in [-0.2, 0) is 6.54 Å². The van der Waals surface area contributed by atoms with Gasteiger partial charge in [0.2, 0.25) is 0 Å². The molecule has 2 aromatic rings. The summed E-state index contributed by atoms with van der Waals surface area (Å²) in [5.74, 6) is 0. The first-order valence-corrected chi connectivity index (χ1v) is 7.48. The second-order valence-electron chi connectivity index (χ2n) is 4.01. The van der Waals surface area contributed by atoms with Crippen molar-refractivity contribution in [3.05, 3.63) is 56.7 Å². The van der Waals surface area contributed by atoms with Crippen LogP contribution in [0.5, 0.6) is 0 Å². The van der Waals surface area contributed by atoms with Crippen LogP contribution in [0.25, 0.3) is 0 Å². The summed E-state index contributed by atoms with van der Waals surface area (Å²) in [6, 6.07) is 13.2. The van der Waals surface area contributed by atoms with Crippen LogP contribution in [0.2, 0.25) is 0 Å². The lowest BCUT2D eigenvalue weighted by molar-refractivity contribution is 0.519. The summed E-state index contributed by atoms with van der Waals surface area (Å²) in [4.78, 5) is 0. The minimum atomic E-state index is 0.440. The Morgan fingerprint density at radius 3 is 2.65 bits per heavy atom. The van der Waals surface area contributed by atoms with Gasteiger partial charge in [0.1, 0.15) is 0 Å². The Bertz CT molecular complexity index is 452. The van der Waals surface area contributed by atoms with Gasteiger partial charge in [-0.25, -0.2) is 0 Å². The number of halogens is 1. The Morgan fingerprint density at radius 2 is 2.06 bits per heavy atom. The van der Waals surface area contributed by atoms with Gasteiger partial charge in [0.05, 0.1) is 3.79 Å². The van der Waals surface area contributed by atoms with Crippen molar-refractivity contribution < 1.29 is 0 Å². The van der Waals surface area contributed by atoms with E-state index in [1.165, 1.54) is 14.9 Å². The summed E-state index contributed by atoms with van der Waals surface area (Å²) in [7, 11) is 0. The third-order valence-electron chi connectivity index (χ3n) is 2.78. The molecule has 1 heterocycles. The van der Waals surface area contributed by atoms with Gasteiger partial charge in [-0.2, -0.15) is 0 Å². The highest BCUT2D eigenvalue weighted by molar-refractivity contribution is 9.11.